The maximum atomic E-state index is 13.2. The Morgan fingerprint density at radius 2 is 2.00 bits per heavy atom. The summed E-state index contributed by atoms with van der Waals surface area (Å²) in [5.74, 6) is -1.25. The van der Waals surface area contributed by atoms with Crippen LogP contribution in [0.1, 0.15) is 35.3 Å². The van der Waals surface area contributed by atoms with Crippen molar-refractivity contribution in [2.75, 3.05) is 7.05 Å². The van der Waals surface area contributed by atoms with Crippen molar-refractivity contribution in [1.82, 2.24) is 14.6 Å². The van der Waals surface area contributed by atoms with E-state index in [1.165, 1.54) is 33.0 Å². The lowest BCUT2D eigenvalue weighted by molar-refractivity contribution is -0.406. The molecule has 1 fully saturated rings. The minimum atomic E-state index is -3.73. The molecule has 4 rings (SSSR count). The van der Waals surface area contributed by atoms with Crippen molar-refractivity contribution in [2.24, 2.45) is 5.92 Å². The number of sulfonamides is 1. The van der Waals surface area contributed by atoms with Gasteiger partial charge in [-0.1, -0.05) is 0 Å². The third kappa shape index (κ3) is 3.60. The van der Waals surface area contributed by atoms with Gasteiger partial charge in [0.15, 0.2) is 0 Å². The molecule has 8 nitrogen and oxygen atoms in total. The second kappa shape index (κ2) is 6.68. The molecular formula is C19H23N4O4S2+. The van der Waals surface area contributed by atoms with Crippen LogP contribution >= 0.6 is 11.3 Å². The number of rotatable bonds is 5. The fourth-order valence-corrected chi connectivity index (χ4v) is 5.97. The van der Waals surface area contributed by atoms with Crippen LogP contribution in [0.2, 0.25) is 0 Å². The Balaban J connectivity index is 1.67. The van der Waals surface area contributed by atoms with Gasteiger partial charge in [-0.15, -0.1) is 11.3 Å². The van der Waals surface area contributed by atoms with Crippen LogP contribution in [0.25, 0.3) is 0 Å². The first-order valence-electron chi connectivity index (χ1n) is 9.33. The number of thiazole rings is 1. The molecule has 1 aliphatic heterocycles. The molecule has 0 spiro atoms. The van der Waals surface area contributed by atoms with Gasteiger partial charge in [-0.25, -0.2) is 22.9 Å². The van der Waals surface area contributed by atoms with Crippen molar-refractivity contribution in [3.8, 4) is 0 Å². The number of urea groups is 1. The number of nitrogens with zero attached hydrogens (tertiary/aromatic N) is 3. The zero-order chi connectivity index (χ0) is 21.1. The molecule has 29 heavy (non-hydrogen) atoms. The van der Waals surface area contributed by atoms with Crippen LogP contribution in [0.3, 0.4) is 0 Å². The molecule has 154 valence electrons. The largest absolute Gasteiger partial charge is 0.501 e. The second-order valence-corrected chi connectivity index (χ2v) is 10.9. The van der Waals surface area contributed by atoms with E-state index in [0.717, 1.165) is 28.4 Å². The smallest absolute Gasteiger partial charge is 0.246 e. The summed E-state index contributed by atoms with van der Waals surface area (Å²) in [6.07, 6.45) is 6.02. The molecular weight excluding hydrogens is 412 g/mol. The molecule has 1 aromatic rings. The van der Waals surface area contributed by atoms with E-state index in [-0.39, 0.29) is 11.4 Å². The van der Waals surface area contributed by atoms with Crippen LogP contribution in [0.15, 0.2) is 23.1 Å². The van der Waals surface area contributed by atoms with Gasteiger partial charge in [0.25, 0.3) is 0 Å². The van der Waals surface area contributed by atoms with E-state index >= 15 is 0 Å². The molecule has 1 unspecified atom stereocenters. The number of aromatic nitrogens is 1. The average molecular weight is 436 g/mol. The minimum absolute atomic E-state index is 0.0558. The normalized spacial score (nSPS) is 23.4. The van der Waals surface area contributed by atoms with Crippen molar-refractivity contribution in [2.45, 2.75) is 45.7 Å². The number of hydrogen-bond acceptors (Lipinski definition) is 6. The van der Waals surface area contributed by atoms with Crippen LogP contribution in [0.4, 0.5) is 4.79 Å². The van der Waals surface area contributed by atoms with E-state index < -0.39 is 33.4 Å². The van der Waals surface area contributed by atoms with Crippen molar-refractivity contribution < 1.29 is 22.6 Å². The number of carbonyl (C=O) groups excluding carboxylic acids is 2. The number of imide groups is 1. The molecule has 0 radical (unpaired) electrons. The van der Waals surface area contributed by atoms with Gasteiger partial charge in [-0.05, 0) is 51.8 Å². The molecule has 1 atom stereocenters. The molecule has 1 saturated carbocycles. The fraction of sp³-hybridized carbons (Fsp3) is 0.474. The summed E-state index contributed by atoms with van der Waals surface area (Å²) < 4.78 is 29.6. The Labute approximate surface area is 173 Å². The van der Waals surface area contributed by atoms with E-state index in [0.29, 0.717) is 5.71 Å². The Kier molecular flexibility index (Phi) is 4.63. The molecule has 0 bridgehead atoms. The lowest BCUT2D eigenvalue weighted by atomic mass is 9.94. The molecule has 0 saturated heterocycles. The number of nitrogens with one attached hydrogen (secondary N) is 1. The van der Waals surface area contributed by atoms with Crippen LogP contribution in [0, 0.1) is 19.8 Å². The van der Waals surface area contributed by atoms with Crippen molar-refractivity contribution in [3.63, 3.8) is 0 Å². The highest BCUT2D eigenvalue weighted by molar-refractivity contribution is 7.93. The van der Waals surface area contributed by atoms with Crippen LogP contribution < -0.4 is 4.72 Å². The summed E-state index contributed by atoms with van der Waals surface area (Å²) in [5, 5.41) is 0.864. The number of fused-ring (bicyclic) bond motifs is 1. The third-order valence-electron chi connectivity index (χ3n) is 5.50. The Hall–Kier alpha value is -2.17. The lowest BCUT2D eigenvalue weighted by Gasteiger charge is -2.26. The quantitative estimate of drug-likeness (QED) is 0.712. The maximum absolute atomic E-state index is 13.2. The number of carbonyl (C=O) groups is 2. The first-order chi connectivity index (χ1) is 13.5. The summed E-state index contributed by atoms with van der Waals surface area (Å²) in [4.78, 5) is 32.4. The van der Waals surface area contributed by atoms with Gasteiger partial charge < -0.3 is 0 Å². The van der Waals surface area contributed by atoms with Crippen LogP contribution in [-0.2, 0) is 21.4 Å². The first-order valence-corrected chi connectivity index (χ1v) is 11.6. The standard InChI is InChI=1S/C19H23N4O4S2/c1-11-16(28-12(2)20-11)10-23-17(24)14-9-13(5-6-15(14)22(4)18(23)25)29(26,27)21-19(3)7-8-19/h5-6,9,14,21H,7-8,10H2,1-4H3/q+1. The SMILES string of the molecule is Cc1nc(C)c(CN2C(=O)C3C=C(S(=O)(=O)NC4(C)CC4)C=CC3=[N+](C)C2=O)s1. The van der Waals surface area contributed by atoms with Gasteiger partial charge in [0, 0.05) is 5.54 Å². The van der Waals surface area contributed by atoms with Crippen molar-refractivity contribution in [1.29, 1.82) is 0 Å². The summed E-state index contributed by atoms with van der Waals surface area (Å²) in [5.41, 5.74) is 0.855. The number of allylic oxidation sites excluding steroid dienone is 2. The summed E-state index contributed by atoms with van der Waals surface area (Å²) in [6, 6.07) is -0.431. The molecule has 1 N–H and O–H groups in total. The van der Waals surface area contributed by atoms with Gasteiger partial charge in [-0.3, -0.25) is 0 Å². The van der Waals surface area contributed by atoms with E-state index in [2.05, 4.69) is 9.71 Å². The van der Waals surface area contributed by atoms with E-state index in [1.807, 2.05) is 20.8 Å². The highest BCUT2D eigenvalue weighted by atomic mass is 32.2. The minimum Gasteiger partial charge on any atom is -0.246 e. The molecule has 2 aliphatic carbocycles. The van der Waals surface area contributed by atoms with Crippen molar-refractivity contribution in [3.05, 3.63) is 38.7 Å². The number of amides is 3. The number of hydrogen-bond donors (Lipinski definition) is 1. The Morgan fingerprint density at radius 3 is 2.59 bits per heavy atom. The number of aryl methyl sites for hydroxylation is 2. The van der Waals surface area contributed by atoms with Gasteiger partial charge in [0.05, 0.1) is 27.5 Å². The van der Waals surface area contributed by atoms with Gasteiger partial charge in [0.2, 0.25) is 10.0 Å². The first kappa shape index (κ1) is 20.1. The highest BCUT2D eigenvalue weighted by Gasteiger charge is 2.48. The lowest BCUT2D eigenvalue weighted by Crippen LogP contribution is -2.53. The summed E-state index contributed by atoms with van der Waals surface area (Å²) >= 11 is 1.44. The third-order valence-corrected chi connectivity index (χ3v) is 8.21. The molecule has 0 aromatic carbocycles. The molecule has 3 amide bonds. The Morgan fingerprint density at radius 1 is 1.31 bits per heavy atom. The van der Waals surface area contributed by atoms with Crippen molar-refractivity contribution >= 4 is 39.0 Å². The highest BCUT2D eigenvalue weighted by Crippen LogP contribution is 2.36. The molecule has 10 heteroatoms. The zero-order valence-electron chi connectivity index (χ0n) is 16.7. The topological polar surface area (TPSA) is 99.5 Å². The van der Waals surface area contributed by atoms with E-state index in [1.54, 1.807) is 13.1 Å². The van der Waals surface area contributed by atoms with Gasteiger partial charge in [0.1, 0.15) is 18.2 Å². The fourth-order valence-electron chi connectivity index (χ4n) is 3.51. The maximum Gasteiger partial charge on any atom is 0.501 e. The predicted molar refractivity (Wildman–Crippen MR) is 109 cm³/mol. The monoisotopic (exact) mass is 435 g/mol. The summed E-state index contributed by atoms with van der Waals surface area (Å²) in [6.45, 7) is 5.70. The summed E-state index contributed by atoms with van der Waals surface area (Å²) in [7, 11) is -2.14. The second-order valence-electron chi connectivity index (χ2n) is 7.98. The van der Waals surface area contributed by atoms with Crippen LogP contribution in [-0.4, -0.2) is 53.1 Å². The van der Waals surface area contributed by atoms with Gasteiger partial charge >= 0.3 is 11.9 Å². The van der Waals surface area contributed by atoms with E-state index in [9.17, 15) is 18.0 Å². The molecule has 3 aliphatic rings. The average Bonchev–Trinajstić information content (AvgIpc) is 3.27. The predicted octanol–water partition coefficient (Wildman–Crippen LogP) is 1.85. The Bertz CT molecular complexity index is 1120. The zero-order valence-corrected chi connectivity index (χ0v) is 18.4. The van der Waals surface area contributed by atoms with Crippen LogP contribution in [0.5, 0.6) is 0 Å². The molecule has 1 aromatic heterocycles. The van der Waals surface area contributed by atoms with E-state index in [4.69, 9.17) is 0 Å². The van der Waals surface area contributed by atoms with Gasteiger partial charge in [-0.2, -0.15) is 14.3 Å². The molecule has 2 heterocycles.